The van der Waals surface area contributed by atoms with Gasteiger partial charge in [0.25, 0.3) is 0 Å². The van der Waals surface area contributed by atoms with Crippen molar-refractivity contribution in [2.45, 2.75) is 25.1 Å². The van der Waals surface area contributed by atoms with Crippen molar-refractivity contribution < 1.29 is 13.9 Å². The Kier molecular flexibility index (Phi) is 4.58. The standard InChI is InChI=1S/C27H26N6O3/c1-2-20(19-4-5-28-22(19)3-1)25-30-23-21-10-16(13-33-14-18-11-17(33)15-35-18)12-29-27(21)36-24(23)26(31-25)32-6-8-34-9-7-32/h1-5,10,12,17-18,28H,6-9,11,13-15H2. The fraction of sp³-hybridized carbons (Fsp3) is 0.370. The quantitative estimate of drug-likeness (QED) is 0.414. The van der Waals surface area contributed by atoms with E-state index in [9.17, 15) is 0 Å². The monoisotopic (exact) mass is 482 g/mol. The molecule has 3 fully saturated rings. The van der Waals surface area contributed by atoms with Crippen molar-refractivity contribution in [1.29, 1.82) is 0 Å². The first-order valence-electron chi connectivity index (χ1n) is 12.6. The minimum absolute atomic E-state index is 0.379. The van der Waals surface area contributed by atoms with E-state index in [-0.39, 0.29) is 0 Å². The molecular weight excluding hydrogens is 456 g/mol. The number of benzene rings is 1. The smallest absolute Gasteiger partial charge is 0.229 e. The molecule has 4 aromatic heterocycles. The van der Waals surface area contributed by atoms with Crippen LogP contribution in [0.15, 0.2) is 47.1 Å². The van der Waals surface area contributed by atoms with Gasteiger partial charge in [-0.05, 0) is 30.2 Å². The number of pyridine rings is 1. The van der Waals surface area contributed by atoms with Gasteiger partial charge in [-0.25, -0.2) is 15.0 Å². The molecule has 0 radical (unpaired) electrons. The van der Waals surface area contributed by atoms with Crippen LogP contribution in [0.1, 0.15) is 12.0 Å². The van der Waals surface area contributed by atoms with E-state index in [0.29, 0.717) is 42.5 Å². The number of aromatic amines is 1. The fourth-order valence-electron chi connectivity index (χ4n) is 5.94. The lowest BCUT2D eigenvalue weighted by atomic mass is 10.1. The molecule has 1 N–H and O–H groups in total. The SMILES string of the molecule is c1cc(-c2nc(N3CCOCC3)c3oc4ncc(CN5CC6CC5CO6)cc4c3n2)c2cc[nH]c2c1. The molecule has 0 aliphatic carbocycles. The molecule has 9 heteroatoms. The molecule has 182 valence electrons. The molecule has 36 heavy (non-hydrogen) atoms. The van der Waals surface area contributed by atoms with Gasteiger partial charge in [0.15, 0.2) is 17.2 Å². The van der Waals surface area contributed by atoms with Crippen molar-refractivity contribution in [1.82, 2.24) is 24.8 Å². The number of likely N-dealkylation sites (tertiary alicyclic amines) is 1. The van der Waals surface area contributed by atoms with Gasteiger partial charge in [-0.3, -0.25) is 4.90 Å². The van der Waals surface area contributed by atoms with Crippen LogP contribution in [0.2, 0.25) is 0 Å². The third-order valence-electron chi connectivity index (χ3n) is 7.76. The molecule has 0 saturated carbocycles. The van der Waals surface area contributed by atoms with Crippen molar-refractivity contribution in [3.63, 3.8) is 0 Å². The summed E-state index contributed by atoms with van der Waals surface area (Å²) < 4.78 is 17.7. The van der Waals surface area contributed by atoms with E-state index in [1.54, 1.807) is 0 Å². The highest BCUT2D eigenvalue weighted by atomic mass is 16.5. The van der Waals surface area contributed by atoms with E-state index in [1.165, 1.54) is 5.56 Å². The van der Waals surface area contributed by atoms with Crippen LogP contribution in [0.4, 0.5) is 5.82 Å². The Bertz CT molecular complexity index is 1600. The van der Waals surface area contributed by atoms with E-state index in [1.807, 2.05) is 18.5 Å². The predicted molar refractivity (Wildman–Crippen MR) is 136 cm³/mol. The summed E-state index contributed by atoms with van der Waals surface area (Å²) in [5, 5.41) is 2.03. The van der Waals surface area contributed by atoms with Crippen molar-refractivity contribution in [3.05, 3.63) is 48.3 Å². The molecule has 2 atom stereocenters. The second-order valence-corrected chi connectivity index (χ2v) is 9.97. The molecule has 0 spiro atoms. The number of H-pyrrole nitrogens is 1. The van der Waals surface area contributed by atoms with E-state index in [0.717, 1.165) is 72.4 Å². The maximum Gasteiger partial charge on any atom is 0.229 e. The van der Waals surface area contributed by atoms with Crippen LogP contribution in [0.5, 0.6) is 0 Å². The van der Waals surface area contributed by atoms with Crippen molar-refractivity contribution >= 4 is 38.9 Å². The summed E-state index contributed by atoms with van der Waals surface area (Å²) >= 11 is 0. The van der Waals surface area contributed by atoms with Crippen molar-refractivity contribution in [3.8, 4) is 11.4 Å². The second-order valence-electron chi connectivity index (χ2n) is 9.97. The molecule has 7 heterocycles. The average Bonchev–Trinajstić information content (AvgIpc) is 3.72. The minimum atomic E-state index is 0.379. The largest absolute Gasteiger partial charge is 0.432 e. The number of aromatic nitrogens is 4. The Morgan fingerprint density at radius 3 is 2.89 bits per heavy atom. The Labute approximate surface area is 207 Å². The summed E-state index contributed by atoms with van der Waals surface area (Å²) in [5.41, 5.74) is 5.32. The Balaban J connectivity index is 1.29. The highest BCUT2D eigenvalue weighted by molar-refractivity contribution is 6.06. The maximum absolute atomic E-state index is 6.32. The minimum Gasteiger partial charge on any atom is -0.432 e. The Morgan fingerprint density at radius 2 is 2.03 bits per heavy atom. The molecular formula is C27H26N6O3. The highest BCUT2D eigenvalue weighted by Gasteiger charge is 2.38. The summed E-state index contributed by atoms with van der Waals surface area (Å²) in [4.78, 5) is 22.9. The molecule has 9 nitrogen and oxygen atoms in total. The Hall–Kier alpha value is -3.53. The van der Waals surface area contributed by atoms with Crippen LogP contribution >= 0.6 is 0 Å². The fourth-order valence-corrected chi connectivity index (χ4v) is 5.94. The number of rotatable bonds is 4. The molecule has 1 aromatic carbocycles. The number of hydrogen-bond donors (Lipinski definition) is 1. The summed E-state index contributed by atoms with van der Waals surface area (Å²) in [6.07, 6.45) is 5.40. The summed E-state index contributed by atoms with van der Waals surface area (Å²) in [6, 6.07) is 11.0. The Morgan fingerprint density at radius 1 is 1.08 bits per heavy atom. The zero-order chi connectivity index (χ0) is 23.6. The van der Waals surface area contributed by atoms with Gasteiger partial charge in [0.05, 0.1) is 31.3 Å². The van der Waals surface area contributed by atoms with Crippen LogP contribution in [0.3, 0.4) is 0 Å². The number of morpholine rings is 2. The topological polar surface area (TPSA) is 92.5 Å². The van der Waals surface area contributed by atoms with Gasteiger partial charge >= 0.3 is 0 Å². The van der Waals surface area contributed by atoms with Gasteiger partial charge in [0.1, 0.15) is 5.52 Å². The molecule has 5 aromatic rings. The van der Waals surface area contributed by atoms with Crippen LogP contribution in [0, 0.1) is 0 Å². The summed E-state index contributed by atoms with van der Waals surface area (Å²) in [5.74, 6) is 1.50. The van der Waals surface area contributed by atoms with Gasteiger partial charge in [0, 0.05) is 61.1 Å². The average molecular weight is 483 g/mol. The molecule has 3 saturated heterocycles. The van der Waals surface area contributed by atoms with Crippen molar-refractivity contribution in [2.75, 3.05) is 44.4 Å². The lowest BCUT2D eigenvalue weighted by Gasteiger charge is -2.27. The van der Waals surface area contributed by atoms with Crippen LogP contribution in [0.25, 0.3) is 44.5 Å². The van der Waals surface area contributed by atoms with Gasteiger partial charge in [-0.1, -0.05) is 12.1 Å². The van der Waals surface area contributed by atoms with Crippen LogP contribution in [-0.4, -0.2) is 76.4 Å². The number of nitrogens with zero attached hydrogens (tertiary/aromatic N) is 5. The van der Waals surface area contributed by atoms with E-state index in [2.05, 4.69) is 39.0 Å². The molecule has 3 aliphatic heterocycles. The first-order valence-corrected chi connectivity index (χ1v) is 12.6. The second kappa shape index (κ2) is 7.99. The third kappa shape index (κ3) is 3.23. The maximum atomic E-state index is 6.32. The molecule has 0 amide bonds. The highest BCUT2D eigenvalue weighted by Crippen LogP contribution is 2.37. The van der Waals surface area contributed by atoms with E-state index < -0.39 is 0 Å². The number of furan rings is 1. The molecule has 3 aliphatic rings. The van der Waals surface area contributed by atoms with Crippen molar-refractivity contribution in [2.24, 2.45) is 0 Å². The number of anilines is 1. The normalized spacial score (nSPS) is 22.5. The number of fused-ring (bicyclic) bond motifs is 6. The first-order chi connectivity index (χ1) is 17.8. The molecule has 2 bridgehead atoms. The van der Waals surface area contributed by atoms with E-state index >= 15 is 0 Å². The zero-order valence-electron chi connectivity index (χ0n) is 19.8. The number of hydrogen-bond acceptors (Lipinski definition) is 8. The van der Waals surface area contributed by atoms with Gasteiger partial charge in [-0.2, -0.15) is 0 Å². The zero-order valence-corrected chi connectivity index (χ0v) is 19.8. The molecule has 2 unspecified atom stereocenters. The number of nitrogens with one attached hydrogen (secondary N) is 1. The first kappa shape index (κ1) is 20.6. The van der Waals surface area contributed by atoms with E-state index in [4.69, 9.17) is 28.8 Å². The van der Waals surface area contributed by atoms with Crippen LogP contribution in [-0.2, 0) is 16.0 Å². The number of ether oxygens (including phenoxy) is 2. The van der Waals surface area contributed by atoms with Crippen LogP contribution < -0.4 is 4.90 Å². The van der Waals surface area contributed by atoms with Gasteiger partial charge in [0.2, 0.25) is 5.71 Å². The third-order valence-corrected chi connectivity index (χ3v) is 7.76. The predicted octanol–water partition coefficient (Wildman–Crippen LogP) is 3.73. The summed E-state index contributed by atoms with van der Waals surface area (Å²) in [6.45, 7) is 5.53. The lowest BCUT2D eigenvalue weighted by Crippen LogP contribution is -2.37. The summed E-state index contributed by atoms with van der Waals surface area (Å²) in [7, 11) is 0. The molecule has 8 rings (SSSR count). The van der Waals surface area contributed by atoms with Gasteiger partial charge in [-0.15, -0.1) is 0 Å². The lowest BCUT2D eigenvalue weighted by molar-refractivity contribution is 0.0273. The van der Waals surface area contributed by atoms with Gasteiger partial charge < -0.3 is 23.8 Å².